The molecule has 0 fully saturated rings. The summed E-state index contributed by atoms with van der Waals surface area (Å²) in [7, 11) is 0. The zero-order chi connectivity index (χ0) is 14.0. The van der Waals surface area contributed by atoms with E-state index in [9.17, 15) is 9.18 Å². The molecule has 1 aromatic heterocycles. The van der Waals surface area contributed by atoms with Crippen LogP contribution in [0.15, 0.2) is 29.1 Å². The van der Waals surface area contributed by atoms with Crippen molar-refractivity contribution in [3.05, 3.63) is 62.8 Å². The SMILES string of the molecule is Cc1nn(Cc2ccc(F)cc2)c(=O)c(C#N)c1C. The Morgan fingerprint density at radius 3 is 2.53 bits per heavy atom. The Morgan fingerprint density at radius 1 is 1.32 bits per heavy atom. The largest absolute Gasteiger partial charge is 0.285 e. The first kappa shape index (κ1) is 13.0. The minimum atomic E-state index is -0.421. The van der Waals surface area contributed by atoms with Gasteiger partial charge in [-0.1, -0.05) is 12.1 Å². The Balaban J connectivity index is 2.47. The number of hydrogen-bond donors (Lipinski definition) is 0. The van der Waals surface area contributed by atoms with Crippen molar-refractivity contribution in [2.24, 2.45) is 0 Å². The second kappa shape index (κ2) is 5.02. The summed E-state index contributed by atoms with van der Waals surface area (Å²) >= 11 is 0. The van der Waals surface area contributed by atoms with Gasteiger partial charge in [-0.25, -0.2) is 9.07 Å². The predicted molar refractivity (Wildman–Crippen MR) is 68.2 cm³/mol. The average molecular weight is 257 g/mol. The summed E-state index contributed by atoms with van der Waals surface area (Å²) in [6.45, 7) is 3.66. The fourth-order valence-electron chi connectivity index (χ4n) is 1.77. The highest BCUT2D eigenvalue weighted by Crippen LogP contribution is 2.07. The molecule has 0 saturated heterocycles. The second-order valence-electron chi connectivity index (χ2n) is 4.29. The third-order valence-electron chi connectivity index (χ3n) is 2.99. The fraction of sp³-hybridized carbons (Fsp3) is 0.214. The third-order valence-corrected chi connectivity index (χ3v) is 2.99. The zero-order valence-corrected chi connectivity index (χ0v) is 10.6. The summed E-state index contributed by atoms with van der Waals surface area (Å²) < 4.78 is 14.0. The van der Waals surface area contributed by atoms with Crippen LogP contribution in [0, 0.1) is 31.0 Å². The van der Waals surface area contributed by atoms with Crippen LogP contribution in [-0.2, 0) is 6.54 Å². The van der Waals surface area contributed by atoms with E-state index in [1.165, 1.54) is 16.8 Å². The monoisotopic (exact) mass is 257 g/mol. The number of aryl methyl sites for hydroxylation is 1. The number of halogens is 1. The maximum Gasteiger partial charge on any atom is 0.285 e. The van der Waals surface area contributed by atoms with Gasteiger partial charge in [0.25, 0.3) is 5.56 Å². The molecular weight excluding hydrogens is 245 g/mol. The van der Waals surface area contributed by atoms with Crippen molar-refractivity contribution in [3.63, 3.8) is 0 Å². The molecule has 1 heterocycles. The standard InChI is InChI=1S/C14H12FN3O/c1-9-10(2)17-18(14(19)13(9)7-16)8-11-3-5-12(15)6-4-11/h3-6H,8H2,1-2H3. The Bertz CT molecular complexity index is 711. The molecule has 0 saturated carbocycles. The van der Waals surface area contributed by atoms with E-state index in [0.29, 0.717) is 11.3 Å². The number of aromatic nitrogens is 2. The minimum absolute atomic E-state index is 0.106. The van der Waals surface area contributed by atoms with Gasteiger partial charge in [0.1, 0.15) is 17.4 Å². The number of nitriles is 1. The smallest absolute Gasteiger partial charge is 0.266 e. The Kier molecular flexibility index (Phi) is 3.43. The van der Waals surface area contributed by atoms with E-state index < -0.39 is 5.56 Å². The van der Waals surface area contributed by atoms with Gasteiger partial charge in [0.2, 0.25) is 0 Å². The second-order valence-corrected chi connectivity index (χ2v) is 4.29. The molecule has 96 valence electrons. The van der Waals surface area contributed by atoms with Crippen molar-refractivity contribution in [1.29, 1.82) is 5.26 Å². The zero-order valence-electron chi connectivity index (χ0n) is 10.6. The molecule has 0 radical (unpaired) electrons. The summed E-state index contributed by atoms with van der Waals surface area (Å²) in [5.74, 6) is -0.332. The average Bonchev–Trinajstić information content (AvgIpc) is 2.39. The van der Waals surface area contributed by atoms with E-state index in [2.05, 4.69) is 5.10 Å². The van der Waals surface area contributed by atoms with Crippen LogP contribution in [0.1, 0.15) is 22.4 Å². The summed E-state index contributed by atoms with van der Waals surface area (Å²) in [5, 5.41) is 13.2. The van der Waals surface area contributed by atoms with Gasteiger partial charge < -0.3 is 0 Å². The van der Waals surface area contributed by atoms with Crippen molar-refractivity contribution in [3.8, 4) is 6.07 Å². The molecule has 1 aromatic carbocycles. The highest BCUT2D eigenvalue weighted by Gasteiger charge is 2.11. The van der Waals surface area contributed by atoms with E-state index in [0.717, 1.165) is 5.56 Å². The van der Waals surface area contributed by atoms with Crippen molar-refractivity contribution in [2.75, 3.05) is 0 Å². The van der Waals surface area contributed by atoms with E-state index in [-0.39, 0.29) is 17.9 Å². The summed E-state index contributed by atoms with van der Waals surface area (Å²) in [6.07, 6.45) is 0. The molecule has 0 spiro atoms. The third kappa shape index (κ3) is 2.52. The number of rotatable bonds is 2. The predicted octanol–water partition coefficient (Wildman–Crippen LogP) is 1.92. The number of benzene rings is 1. The molecule has 0 unspecified atom stereocenters. The van der Waals surface area contributed by atoms with Gasteiger partial charge in [-0.15, -0.1) is 0 Å². The highest BCUT2D eigenvalue weighted by molar-refractivity contribution is 5.36. The Labute approximate surface area is 109 Å². The summed E-state index contributed by atoms with van der Waals surface area (Å²) in [6, 6.07) is 7.73. The highest BCUT2D eigenvalue weighted by atomic mass is 19.1. The first-order chi connectivity index (χ1) is 9.02. The lowest BCUT2D eigenvalue weighted by molar-refractivity contribution is 0.612. The lowest BCUT2D eigenvalue weighted by Crippen LogP contribution is -2.27. The van der Waals surface area contributed by atoms with Gasteiger partial charge in [0.05, 0.1) is 12.2 Å². The number of hydrogen-bond acceptors (Lipinski definition) is 3. The molecule has 19 heavy (non-hydrogen) atoms. The quantitative estimate of drug-likeness (QED) is 0.825. The van der Waals surface area contributed by atoms with Crippen LogP contribution in [0.3, 0.4) is 0 Å². The van der Waals surface area contributed by atoms with Gasteiger partial charge in [0.15, 0.2) is 0 Å². The van der Waals surface area contributed by atoms with Crippen LogP contribution in [0.5, 0.6) is 0 Å². The van der Waals surface area contributed by atoms with E-state index in [1.54, 1.807) is 26.0 Å². The van der Waals surface area contributed by atoms with Crippen molar-refractivity contribution < 1.29 is 4.39 Å². The summed E-state index contributed by atoms with van der Waals surface area (Å²) in [4.78, 5) is 12.0. The molecular formula is C14H12FN3O. The van der Waals surface area contributed by atoms with Gasteiger partial charge in [-0.2, -0.15) is 10.4 Å². The van der Waals surface area contributed by atoms with E-state index >= 15 is 0 Å². The van der Waals surface area contributed by atoms with Gasteiger partial charge in [-0.05, 0) is 37.1 Å². The van der Waals surface area contributed by atoms with Crippen LogP contribution >= 0.6 is 0 Å². The summed E-state index contributed by atoms with van der Waals surface area (Å²) in [5.41, 5.74) is 1.67. The molecule has 5 heteroatoms. The van der Waals surface area contributed by atoms with E-state index in [1.807, 2.05) is 6.07 Å². The first-order valence-electron chi connectivity index (χ1n) is 5.76. The maximum absolute atomic E-state index is 12.8. The Hall–Kier alpha value is -2.48. The van der Waals surface area contributed by atoms with Gasteiger partial charge >= 0.3 is 0 Å². The minimum Gasteiger partial charge on any atom is -0.266 e. The molecule has 0 aliphatic rings. The van der Waals surface area contributed by atoms with Gasteiger partial charge in [0, 0.05) is 0 Å². The Morgan fingerprint density at radius 2 is 1.95 bits per heavy atom. The van der Waals surface area contributed by atoms with Crippen molar-refractivity contribution >= 4 is 0 Å². The van der Waals surface area contributed by atoms with Crippen molar-refractivity contribution in [2.45, 2.75) is 20.4 Å². The first-order valence-corrected chi connectivity index (χ1v) is 5.76. The van der Waals surface area contributed by atoms with Crippen LogP contribution in [-0.4, -0.2) is 9.78 Å². The van der Waals surface area contributed by atoms with Crippen LogP contribution < -0.4 is 5.56 Å². The van der Waals surface area contributed by atoms with Gasteiger partial charge in [-0.3, -0.25) is 4.79 Å². The molecule has 2 aromatic rings. The van der Waals surface area contributed by atoms with E-state index in [4.69, 9.17) is 5.26 Å². The molecule has 0 N–H and O–H groups in total. The fourth-order valence-corrected chi connectivity index (χ4v) is 1.77. The molecule has 4 nitrogen and oxygen atoms in total. The molecule has 0 atom stereocenters. The lowest BCUT2D eigenvalue weighted by Gasteiger charge is -2.09. The molecule has 0 bridgehead atoms. The number of nitrogens with zero attached hydrogens (tertiary/aromatic N) is 3. The molecule has 0 aliphatic heterocycles. The molecule has 0 amide bonds. The molecule has 0 aliphatic carbocycles. The van der Waals surface area contributed by atoms with Crippen LogP contribution in [0.2, 0.25) is 0 Å². The van der Waals surface area contributed by atoms with Crippen molar-refractivity contribution in [1.82, 2.24) is 9.78 Å². The topological polar surface area (TPSA) is 58.7 Å². The maximum atomic E-state index is 12.8. The normalized spacial score (nSPS) is 10.2. The van der Waals surface area contributed by atoms with Crippen LogP contribution in [0.25, 0.3) is 0 Å². The van der Waals surface area contributed by atoms with Crippen LogP contribution in [0.4, 0.5) is 4.39 Å². The lowest BCUT2D eigenvalue weighted by atomic mass is 10.1. The molecule has 2 rings (SSSR count).